The van der Waals surface area contributed by atoms with Crippen LogP contribution < -0.4 is 10.6 Å². The van der Waals surface area contributed by atoms with E-state index >= 15 is 0 Å². The maximum Gasteiger partial charge on any atom is 0.146 e. The highest BCUT2D eigenvalue weighted by atomic mass is 32.1. The number of carbonyl (C=O) groups is 2. The number of anilines is 1. The van der Waals surface area contributed by atoms with Crippen LogP contribution in [0.5, 0.6) is 0 Å². The minimum Gasteiger partial charge on any atom is -0.375 e. The number of hydrogen-bond donors (Lipinski definition) is 1. The quantitative estimate of drug-likeness (QED) is 0.540. The Morgan fingerprint density at radius 3 is 2.49 bits per heavy atom. The zero-order chi connectivity index (χ0) is 25.5. The van der Waals surface area contributed by atoms with Crippen LogP contribution in [0.3, 0.4) is 0 Å². The van der Waals surface area contributed by atoms with Crippen molar-refractivity contribution in [3.63, 3.8) is 0 Å². The highest BCUT2D eigenvalue weighted by Crippen LogP contribution is 2.50. The van der Waals surface area contributed by atoms with E-state index in [-0.39, 0.29) is 28.6 Å². The lowest BCUT2D eigenvalue weighted by Crippen LogP contribution is -2.49. The van der Waals surface area contributed by atoms with Crippen LogP contribution in [0, 0.1) is 5.41 Å². The summed E-state index contributed by atoms with van der Waals surface area (Å²) in [7, 11) is 0. The Kier molecular flexibility index (Phi) is 6.74. The number of nitrogens with two attached hydrogens (primary N) is 1. The van der Waals surface area contributed by atoms with Gasteiger partial charge >= 0.3 is 0 Å². The lowest BCUT2D eigenvalue weighted by atomic mass is 9.66. The number of pyridine rings is 1. The molecule has 2 aliphatic heterocycles. The van der Waals surface area contributed by atoms with Gasteiger partial charge in [-0.1, -0.05) is 18.9 Å². The number of Topliss-reactive ketones (excluding diaryl/α,β-unsaturated/α-hetero) is 2. The summed E-state index contributed by atoms with van der Waals surface area (Å²) in [6.45, 7) is 2.30. The zero-order valence-corrected chi connectivity index (χ0v) is 22.6. The van der Waals surface area contributed by atoms with Gasteiger partial charge in [-0.3, -0.25) is 14.6 Å². The fourth-order valence-electron chi connectivity index (χ4n) is 7.86. The van der Waals surface area contributed by atoms with E-state index in [1.807, 2.05) is 12.3 Å². The van der Waals surface area contributed by atoms with Crippen LogP contribution in [0.4, 0.5) is 5.00 Å². The predicted octanol–water partition coefficient (Wildman–Crippen LogP) is 4.98. The summed E-state index contributed by atoms with van der Waals surface area (Å²) < 4.78 is 6.42. The van der Waals surface area contributed by atoms with Crippen LogP contribution in [-0.4, -0.2) is 47.9 Å². The molecule has 2 aromatic rings. The van der Waals surface area contributed by atoms with Crippen LogP contribution in [0.2, 0.25) is 0 Å². The van der Waals surface area contributed by atoms with E-state index in [1.165, 1.54) is 23.4 Å². The standard InChI is InChI=1S/C30H39N3O3S/c31-23(20-28(24-5-1-4-14-32-24)13-17-36-29(21-28)9-2-3-10-29)19-22-8-18-37-27(22)33-15-11-30(12-16-33)25(34)6-7-26(30)35/h1,4-5,8,14,18,23H,2-3,6-7,9-13,15-17,19-21,31H2. The molecule has 4 fully saturated rings. The third kappa shape index (κ3) is 4.57. The second-order valence-corrected chi connectivity index (χ2v) is 12.9. The molecule has 4 heterocycles. The molecule has 7 heteroatoms. The van der Waals surface area contributed by atoms with Gasteiger partial charge in [0.05, 0.1) is 16.0 Å². The third-order valence-corrected chi connectivity index (χ3v) is 10.8. The first kappa shape index (κ1) is 25.2. The molecule has 0 aromatic carbocycles. The molecule has 2 aliphatic carbocycles. The van der Waals surface area contributed by atoms with Gasteiger partial charge in [0.25, 0.3) is 0 Å². The molecule has 2 aromatic heterocycles. The molecule has 0 radical (unpaired) electrons. The minimum atomic E-state index is -0.696. The van der Waals surface area contributed by atoms with Crippen molar-refractivity contribution in [2.75, 3.05) is 24.6 Å². The molecule has 2 atom stereocenters. The Labute approximate surface area is 224 Å². The van der Waals surface area contributed by atoms with E-state index < -0.39 is 5.41 Å². The number of carbonyl (C=O) groups excluding carboxylic acids is 2. The summed E-state index contributed by atoms with van der Waals surface area (Å²) in [5.74, 6) is 0.337. The van der Waals surface area contributed by atoms with Gasteiger partial charge in [0.2, 0.25) is 0 Å². The van der Waals surface area contributed by atoms with Crippen molar-refractivity contribution < 1.29 is 14.3 Å². The van der Waals surface area contributed by atoms with Gasteiger partial charge in [0, 0.05) is 55.9 Å². The van der Waals surface area contributed by atoms with Gasteiger partial charge in [-0.25, -0.2) is 0 Å². The first-order valence-electron chi connectivity index (χ1n) is 14.1. The molecule has 6 nitrogen and oxygen atoms in total. The summed E-state index contributed by atoms with van der Waals surface area (Å²) in [6.07, 6.45) is 12.6. The smallest absolute Gasteiger partial charge is 0.146 e. The average molecular weight is 522 g/mol. The molecule has 4 aliphatic rings. The summed E-state index contributed by atoms with van der Waals surface area (Å²) in [5.41, 5.74) is 8.65. The molecule has 2 saturated heterocycles. The molecular formula is C30H39N3O3S. The van der Waals surface area contributed by atoms with Gasteiger partial charge in [-0.15, -0.1) is 11.3 Å². The van der Waals surface area contributed by atoms with E-state index in [0.29, 0.717) is 25.7 Å². The van der Waals surface area contributed by atoms with Crippen LogP contribution >= 0.6 is 11.3 Å². The number of ether oxygens (including phenoxy) is 1. The molecule has 2 spiro atoms. The second kappa shape index (κ2) is 9.90. The molecule has 2 saturated carbocycles. The highest BCUT2D eigenvalue weighted by molar-refractivity contribution is 7.14. The van der Waals surface area contributed by atoms with E-state index in [1.54, 1.807) is 11.3 Å². The largest absolute Gasteiger partial charge is 0.375 e. The van der Waals surface area contributed by atoms with E-state index in [9.17, 15) is 9.59 Å². The SMILES string of the molecule is NC(Cc1ccsc1N1CCC2(CC1)C(=O)CCC2=O)CC1(c2ccccn2)CCOC2(CCCC2)C1. The number of piperidine rings is 1. The number of hydrogen-bond acceptors (Lipinski definition) is 7. The van der Waals surface area contributed by atoms with Gasteiger partial charge in [0.15, 0.2) is 0 Å². The molecule has 0 bridgehead atoms. The van der Waals surface area contributed by atoms with Gasteiger partial charge in [0.1, 0.15) is 11.6 Å². The molecule has 2 N–H and O–H groups in total. The van der Waals surface area contributed by atoms with Gasteiger partial charge in [-0.05, 0) is 80.5 Å². The fourth-order valence-corrected chi connectivity index (χ4v) is 8.86. The average Bonchev–Trinajstić information content (AvgIpc) is 3.62. The van der Waals surface area contributed by atoms with Crippen molar-refractivity contribution in [1.82, 2.24) is 4.98 Å². The zero-order valence-electron chi connectivity index (χ0n) is 21.8. The van der Waals surface area contributed by atoms with Crippen molar-refractivity contribution in [2.24, 2.45) is 11.1 Å². The topological polar surface area (TPSA) is 85.5 Å². The highest BCUT2D eigenvalue weighted by Gasteiger charge is 2.51. The molecule has 6 rings (SSSR count). The number of ketones is 2. The predicted molar refractivity (Wildman–Crippen MR) is 146 cm³/mol. The first-order chi connectivity index (χ1) is 17.9. The van der Waals surface area contributed by atoms with E-state index in [2.05, 4.69) is 28.5 Å². The Morgan fingerprint density at radius 1 is 1.03 bits per heavy atom. The summed E-state index contributed by atoms with van der Waals surface area (Å²) >= 11 is 1.76. The number of aromatic nitrogens is 1. The van der Waals surface area contributed by atoms with Crippen LogP contribution in [0.1, 0.15) is 81.9 Å². The maximum absolute atomic E-state index is 12.5. The fraction of sp³-hybridized carbons (Fsp3) is 0.633. The Bertz CT molecular complexity index is 1120. The molecule has 0 amide bonds. The summed E-state index contributed by atoms with van der Waals surface area (Å²) in [4.78, 5) is 32.3. The summed E-state index contributed by atoms with van der Waals surface area (Å²) in [5, 5.41) is 3.42. The Morgan fingerprint density at radius 2 is 1.78 bits per heavy atom. The summed E-state index contributed by atoms with van der Waals surface area (Å²) in [6, 6.07) is 8.51. The second-order valence-electron chi connectivity index (χ2n) is 12.0. The normalized spacial score (nSPS) is 27.9. The monoisotopic (exact) mass is 521 g/mol. The Balaban J connectivity index is 1.17. The van der Waals surface area contributed by atoms with Crippen molar-refractivity contribution in [1.29, 1.82) is 0 Å². The first-order valence-corrected chi connectivity index (χ1v) is 15.0. The van der Waals surface area contributed by atoms with Crippen LogP contribution in [0.15, 0.2) is 35.8 Å². The van der Waals surface area contributed by atoms with Crippen molar-refractivity contribution >= 4 is 27.9 Å². The number of rotatable bonds is 6. The molecule has 2 unspecified atom stereocenters. The minimum absolute atomic E-state index is 0.0120. The lowest BCUT2D eigenvalue weighted by Gasteiger charge is -2.47. The number of thiophene rings is 1. The Hall–Kier alpha value is -2.09. The van der Waals surface area contributed by atoms with Gasteiger partial charge in [-0.2, -0.15) is 0 Å². The van der Waals surface area contributed by atoms with E-state index in [4.69, 9.17) is 15.5 Å². The number of nitrogens with zero attached hydrogens (tertiary/aromatic N) is 2. The molecular weight excluding hydrogens is 482 g/mol. The van der Waals surface area contributed by atoms with Crippen molar-refractivity contribution in [3.05, 3.63) is 47.1 Å². The van der Waals surface area contributed by atoms with Crippen molar-refractivity contribution in [3.8, 4) is 0 Å². The van der Waals surface area contributed by atoms with Crippen LogP contribution in [-0.2, 0) is 26.2 Å². The van der Waals surface area contributed by atoms with E-state index in [0.717, 1.165) is 63.9 Å². The van der Waals surface area contributed by atoms with Crippen LogP contribution in [0.25, 0.3) is 0 Å². The molecule has 198 valence electrons. The third-order valence-electron chi connectivity index (χ3n) is 9.78. The molecule has 37 heavy (non-hydrogen) atoms. The lowest BCUT2D eigenvalue weighted by molar-refractivity contribution is -0.136. The van der Waals surface area contributed by atoms with Crippen molar-refractivity contribution in [2.45, 2.75) is 94.1 Å². The van der Waals surface area contributed by atoms with Gasteiger partial charge < -0.3 is 15.4 Å². The maximum atomic E-state index is 12.5.